The van der Waals surface area contributed by atoms with Crippen molar-refractivity contribution in [3.8, 4) is 22.8 Å². The van der Waals surface area contributed by atoms with Crippen molar-refractivity contribution in [2.45, 2.75) is 12.1 Å². The zero-order chi connectivity index (χ0) is 25.2. The van der Waals surface area contributed by atoms with E-state index in [1.807, 2.05) is 47.4 Å². The Balaban J connectivity index is 1.66. The molecule has 2 aromatic heterocycles. The van der Waals surface area contributed by atoms with Gasteiger partial charge in [0.1, 0.15) is 29.1 Å². The lowest BCUT2D eigenvalue weighted by Crippen LogP contribution is -2.29. The molecule has 0 unspecified atom stereocenters. The third-order valence-corrected chi connectivity index (χ3v) is 6.40. The van der Waals surface area contributed by atoms with Crippen LogP contribution in [0.15, 0.2) is 83.4 Å². The number of nitrogens with zero attached hydrogens (tertiary/aromatic N) is 2. The summed E-state index contributed by atoms with van der Waals surface area (Å²) in [5, 5.41) is 13.5. The summed E-state index contributed by atoms with van der Waals surface area (Å²) in [7, 11) is 3.19. The number of anilines is 1. The minimum atomic E-state index is -1.03. The maximum atomic E-state index is 11.8. The smallest absolute Gasteiger partial charge is 0.336 e. The zero-order valence-corrected chi connectivity index (χ0v) is 20.4. The number of aromatic carboxylic acids is 1. The predicted molar refractivity (Wildman–Crippen MR) is 139 cm³/mol. The second-order valence-electron chi connectivity index (χ2n) is 8.09. The van der Waals surface area contributed by atoms with E-state index in [4.69, 9.17) is 26.1 Å². The maximum absolute atomic E-state index is 11.8. The average molecular weight is 502 g/mol. The number of rotatable bonds is 7. The van der Waals surface area contributed by atoms with Gasteiger partial charge in [-0.05, 0) is 54.7 Å². The molecular weight excluding hydrogens is 478 g/mol. The Bertz CT molecular complexity index is 1420. The van der Waals surface area contributed by atoms with E-state index >= 15 is 0 Å². The van der Waals surface area contributed by atoms with Crippen molar-refractivity contribution in [2.24, 2.45) is 0 Å². The summed E-state index contributed by atoms with van der Waals surface area (Å²) in [5.74, 6) is 1.25. The lowest BCUT2D eigenvalue weighted by molar-refractivity contribution is 0.0697. The highest BCUT2D eigenvalue weighted by molar-refractivity contribution is 7.80. The molecule has 182 valence electrons. The van der Waals surface area contributed by atoms with Crippen molar-refractivity contribution in [3.63, 3.8) is 0 Å². The number of pyridine rings is 1. The molecular formula is C27H23N3O5S. The van der Waals surface area contributed by atoms with Gasteiger partial charge in [0.05, 0.1) is 37.2 Å². The maximum Gasteiger partial charge on any atom is 0.336 e. The van der Waals surface area contributed by atoms with Crippen LogP contribution < -0.4 is 19.7 Å². The Morgan fingerprint density at radius 1 is 1.06 bits per heavy atom. The molecule has 0 amide bonds. The number of aromatic nitrogens is 1. The van der Waals surface area contributed by atoms with Crippen molar-refractivity contribution < 1.29 is 23.8 Å². The summed E-state index contributed by atoms with van der Waals surface area (Å²) >= 11 is 5.79. The van der Waals surface area contributed by atoms with Crippen LogP contribution in [0, 0.1) is 0 Å². The number of benzene rings is 2. The first-order valence-electron chi connectivity index (χ1n) is 11.2. The lowest BCUT2D eigenvalue weighted by atomic mass is 10.0. The van der Waals surface area contributed by atoms with Gasteiger partial charge in [0.2, 0.25) is 0 Å². The van der Waals surface area contributed by atoms with Crippen LogP contribution in [0.1, 0.15) is 33.9 Å². The third-order valence-electron chi connectivity index (χ3n) is 6.08. The van der Waals surface area contributed by atoms with Crippen LogP contribution in [0.3, 0.4) is 0 Å². The molecule has 2 N–H and O–H groups in total. The second-order valence-corrected chi connectivity index (χ2v) is 8.47. The Hall–Kier alpha value is -4.37. The number of methoxy groups -OCH3 is 2. The van der Waals surface area contributed by atoms with E-state index in [1.54, 1.807) is 50.7 Å². The molecule has 2 aromatic carbocycles. The number of nitrogens with one attached hydrogen (secondary N) is 1. The third kappa shape index (κ3) is 4.14. The van der Waals surface area contributed by atoms with E-state index in [1.165, 1.54) is 0 Å². The minimum Gasteiger partial charge on any atom is -0.497 e. The van der Waals surface area contributed by atoms with Gasteiger partial charge in [-0.15, -0.1) is 0 Å². The number of thiocarbonyl (C=S) groups is 1. The molecule has 0 aliphatic carbocycles. The van der Waals surface area contributed by atoms with Crippen LogP contribution in [0.25, 0.3) is 11.3 Å². The normalized spacial score (nSPS) is 17.1. The number of carboxylic acid groups (broad SMARTS) is 1. The Morgan fingerprint density at radius 3 is 2.58 bits per heavy atom. The summed E-state index contributed by atoms with van der Waals surface area (Å²) in [6.07, 6.45) is 1.72. The fraction of sp³-hybridized carbons (Fsp3) is 0.148. The quantitative estimate of drug-likeness (QED) is 0.330. The highest BCUT2D eigenvalue weighted by atomic mass is 32.1. The molecule has 9 heteroatoms. The minimum absolute atomic E-state index is 0.158. The molecule has 1 aliphatic rings. The number of hydrogen-bond donors (Lipinski definition) is 2. The van der Waals surface area contributed by atoms with E-state index in [2.05, 4.69) is 10.3 Å². The van der Waals surface area contributed by atoms with E-state index < -0.39 is 12.0 Å². The van der Waals surface area contributed by atoms with Gasteiger partial charge in [0.25, 0.3) is 0 Å². The first-order chi connectivity index (χ1) is 17.5. The highest BCUT2D eigenvalue weighted by Gasteiger charge is 2.43. The van der Waals surface area contributed by atoms with E-state index in [-0.39, 0.29) is 11.6 Å². The Labute approximate surface area is 213 Å². The van der Waals surface area contributed by atoms with E-state index in [0.29, 0.717) is 39.4 Å². The zero-order valence-electron chi connectivity index (χ0n) is 19.5. The van der Waals surface area contributed by atoms with Crippen molar-refractivity contribution in [1.29, 1.82) is 0 Å². The molecule has 0 saturated carbocycles. The van der Waals surface area contributed by atoms with E-state index in [9.17, 15) is 9.90 Å². The molecule has 0 spiro atoms. The van der Waals surface area contributed by atoms with E-state index in [0.717, 1.165) is 5.69 Å². The summed E-state index contributed by atoms with van der Waals surface area (Å²) in [6, 6.07) is 20.7. The van der Waals surface area contributed by atoms with Gasteiger partial charge in [0.15, 0.2) is 5.11 Å². The first kappa shape index (κ1) is 23.4. The first-order valence-corrected chi connectivity index (χ1v) is 11.6. The van der Waals surface area contributed by atoms with Gasteiger partial charge in [0, 0.05) is 17.8 Å². The molecule has 1 fully saturated rings. The molecule has 3 heterocycles. The number of hydrogen-bond acceptors (Lipinski definition) is 6. The number of ether oxygens (including phenoxy) is 2. The van der Waals surface area contributed by atoms with Crippen LogP contribution in [0.2, 0.25) is 0 Å². The van der Waals surface area contributed by atoms with Crippen molar-refractivity contribution in [2.75, 3.05) is 19.1 Å². The predicted octanol–water partition coefficient (Wildman–Crippen LogP) is 5.23. The summed E-state index contributed by atoms with van der Waals surface area (Å²) in [4.78, 5) is 18.3. The largest absolute Gasteiger partial charge is 0.497 e. The van der Waals surface area contributed by atoms with Gasteiger partial charge in [-0.2, -0.15) is 0 Å². The van der Waals surface area contributed by atoms with Crippen LogP contribution in [0.5, 0.6) is 11.5 Å². The SMILES string of the molecule is COc1ccc(OC)c(N2C(=S)N[C@H](c3ccccn3)[C@H]2c2ccc(-c3ccccc3C(=O)O)o2)c1. The standard InChI is InChI=1S/C27H23N3O5S/c1-33-16-10-11-22(34-2)20(15-16)30-25(24(29-27(30)36)19-9-5-6-14-28-19)23-13-12-21(35-23)17-7-3-4-8-18(17)26(31)32/h3-15,24-25H,1-2H3,(H,29,36)(H,31,32)/t24-,25-/m1/s1. The number of furan rings is 1. The summed E-state index contributed by atoms with van der Waals surface area (Å²) in [6.45, 7) is 0. The van der Waals surface area contributed by atoms with Gasteiger partial charge in [-0.1, -0.05) is 24.3 Å². The van der Waals surface area contributed by atoms with Gasteiger partial charge in [-0.3, -0.25) is 4.98 Å². The van der Waals surface area contributed by atoms with Gasteiger partial charge < -0.3 is 29.2 Å². The fourth-order valence-electron chi connectivity index (χ4n) is 4.43. The second kappa shape index (κ2) is 9.71. The van der Waals surface area contributed by atoms with Crippen molar-refractivity contribution >= 4 is 29.0 Å². The summed E-state index contributed by atoms with van der Waals surface area (Å²) in [5.41, 5.74) is 2.12. The van der Waals surface area contributed by atoms with Crippen LogP contribution in [0.4, 0.5) is 5.69 Å². The van der Waals surface area contributed by atoms with Gasteiger partial charge in [-0.25, -0.2) is 4.79 Å². The fourth-order valence-corrected chi connectivity index (χ4v) is 4.77. The Morgan fingerprint density at radius 2 is 1.86 bits per heavy atom. The van der Waals surface area contributed by atoms with Crippen LogP contribution in [-0.2, 0) is 0 Å². The molecule has 1 saturated heterocycles. The monoisotopic (exact) mass is 501 g/mol. The lowest BCUT2D eigenvalue weighted by Gasteiger charge is -2.27. The average Bonchev–Trinajstić information content (AvgIpc) is 3.53. The molecule has 8 nitrogen and oxygen atoms in total. The van der Waals surface area contributed by atoms with Crippen molar-refractivity contribution in [3.05, 3.63) is 96.0 Å². The number of carbonyl (C=O) groups is 1. The Kier molecular flexibility index (Phi) is 6.30. The molecule has 2 atom stereocenters. The van der Waals surface area contributed by atoms with Crippen molar-refractivity contribution in [1.82, 2.24) is 10.3 Å². The highest BCUT2D eigenvalue weighted by Crippen LogP contribution is 2.46. The van der Waals surface area contributed by atoms with Crippen LogP contribution in [-0.4, -0.2) is 35.4 Å². The summed E-state index contributed by atoms with van der Waals surface area (Å²) < 4.78 is 17.4. The molecule has 0 radical (unpaired) electrons. The molecule has 5 rings (SSSR count). The molecule has 4 aromatic rings. The van der Waals surface area contributed by atoms with Gasteiger partial charge >= 0.3 is 5.97 Å². The molecule has 1 aliphatic heterocycles. The van der Waals surface area contributed by atoms with Crippen LogP contribution >= 0.6 is 12.2 Å². The molecule has 36 heavy (non-hydrogen) atoms. The number of carboxylic acids is 1. The topological polar surface area (TPSA) is 97.1 Å². The molecule has 0 bridgehead atoms.